The highest BCUT2D eigenvalue weighted by Gasteiger charge is 2.17. The fourth-order valence-electron chi connectivity index (χ4n) is 3.22. The van der Waals surface area contributed by atoms with Crippen molar-refractivity contribution in [3.05, 3.63) is 105 Å². The normalized spacial score (nSPS) is 10.8. The number of anilines is 1. The summed E-state index contributed by atoms with van der Waals surface area (Å²) in [6.07, 6.45) is 0. The van der Waals surface area contributed by atoms with Crippen molar-refractivity contribution in [3.8, 4) is 0 Å². The molecule has 0 radical (unpaired) electrons. The van der Waals surface area contributed by atoms with Crippen molar-refractivity contribution in [2.45, 2.75) is 11.7 Å². The lowest BCUT2D eigenvalue weighted by atomic mass is 10.2. The number of nitro benzene ring substituents is 1. The van der Waals surface area contributed by atoms with Gasteiger partial charge in [0.2, 0.25) is 5.91 Å². The number of nitrogens with one attached hydrogen (secondary N) is 1. The van der Waals surface area contributed by atoms with Gasteiger partial charge in [-0.15, -0.1) is 0 Å². The van der Waals surface area contributed by atoms with Crippen molar-refractivity contribution in [1.82, 2.24) is 9.55 Å². The number of aromatic nitrogens is 2. The highest BCUT2D eigenvalue weighted by atomic mass is 32.2. The molecule has 1 aromatic heterocycles. The van der Waals surface area contributed by atoms with Crippen molar-refractivity contribution < 1.29 is 9.72 Å². The van der Waals surface area contributed by atoms with Gasteiger partial charge in [-0.25, -0.2) is 4.98 Å². The average molecular weight is 446 g/mol. The van der Waals surface area contributed by atoms with Gasteiger partial charge in [-0.1, -0.05) is 66.4 Å². The molecule has 160 valence electrons. The van der Waals surface area contributed by atoms with E-state index in [4.69, 9.17) is 0 Å². The van der Waals surface area contributed by atoms with E-state index in [1.165, 1.54) is 18.2 Å². The molecule has 0 unspecified atom stereocenters. The van der Waals surface area contributed by atoms with E-state index in [1.54, 1.807) is 34.9 Å². The molecule has 4 rings (SSSR count). The predicted molar refractivity (Wildman–Crippen MR) is 124 cm³/mol. The Morgan fingerprint density at radius 2 is 1.69 bits per heavy atom. The van der Waals surface area contributed by atoms with Gasteiger partial charge in [0.05, 0.1) is 28.1 Å². The van der Waals surface area contributed by atoms with Crippen LogP contribution in [0.15, 0.2) is 88.8 Å². The molecule has 0 atom stereocenters. The molecule has 0 bridgehead atoms. The summed E-state index contributed by atoms with van der Waals surface area (Å²) in [7, 11) is 0. The number of hydrogen-bond acceptors (Lipinski definition) is 6. The summed E-state index contributed by atoms with van der Waals surface area (Å²) in [6.45, 7) is 0.311. The SMILES string of the molecule is O=C(CSc1nc2ccccc2c(=O)n1Cc1ccccc1)Nc1ccccc1[N+](=O)[O-]. The summed E-state index contributed by atoms with van der Waals surface area (Å²) in [5, 5.41) is 14.6. The second-order valence-electron chi connectivity index (χ2n) is 6.90. The van der Waals surface area contributed by atoms with E-state index in [9.17, 15) is 19.7 Å². The maximum absolute atomic E-state index is 13.1. The maximum atomic E-state index is 13.1. The van der Waals surface area contributed by atoms with Crippen molar-refractivity contribution in [1.29, 1.82) is 0 Å². The van der Waals surface area contributed by atoms with Gasteiger partial charge in [-0.3, -0.25) is 24.3 Å². The Kier molecular flexibility index (Phi) is 6.27. The van der Waals surface area contributed by atoms with Crippen molar-refractivity contribution in [2.24, 2.45) is 0 Å². The van der Waals surface area contributed by atoms with Crippen molar-refractivity contribution in [3.63, 3.8) is 0 Å². The van der Waals surface area contributed by atoms with E-state index in [0.717, 1.165) is 17.3 Å². The fourth-order valence-corrected chi connectivity index (χ4v) is 4.02. The predicted octanol–water partition coefficient (Wildman–Crippen LogP) is 4.08. The highest BCUT2D eigenvalue weighted by molar-refractivity contribution is 7.99. The minimum atomic E-state index is -0.550. The van der Waals surface area contributed by atoms with Gasteiger partial charge < -0.3 is 5.32 Å². The van der Waals surface area contributed by atoms with Gasteiger partial charge in [-0.05, 0) is 23.8 Å². The summed E-state index contributed by atoms with van der Waals surface area (Å²) in [5.74, 6) is -0.496. The monoisotopic (exact) mass is 446 g/mol. The Morgan fingerprint density at radius 1 is 1.00 bits per heavy atom. The molecule has 4 aromatic rings. The van der Waals surface area contributed by atoms with Crippen LogP contribution in [-0.4, -0.2) is 26.1 Å². The Hall–Kier alpha value is -3.98. The summed E-state index contributed by atoms with van der Waals surface area (Å²) < 4.78 is 1.54. The lowest BCUT2D eigenvalue weighted by Crippen LogP contribution is -2.25. The third-order valence-electron chi connectivity index (χ3n) is 4.72. The number of carbonyl (C=O) groups is 1. The Morgan fingerprint density at radius 3 is 2.47 bits per heavy atom. The number of nitro groups is 1. The summed E-state index contributed by atoms with van der Waals surface area (Å²) in [5.41, 5.74) is 1.22. The van der Waals surface area contributed by atoms with Gasteiger partial charge in [0.15, 0.2) is 5.16 Å². The van der Waals surface area contributed by atoms with E-state index in [1.807, 2.05) is 30.3 Å². The number of carbonyl (C=O) groups excluding carboxylic acids is 1. The van der Waals surface area contributed by atoms with Crippen LogP contribution in [0.25, 0.3) is 10.9 Å². The van der Waals surface area contributed by atoms with E-state index in [0.29, 0.717) is 22.6 Å². The molecule has 0 saturated heterocycles. The van der Waals surface area contributed by atoms with Crippen LogP contribution in [-0.2, 0) is 11.3 Å². The lowest BCUT2D eigenvalue weighted by molar-refractivity contribution is -0.383. The molecule has 0 aliphatic heterocycles. The van der Waals surface area contributed by atoms with E-state index < -0.39 is 10.8 Å². The van der Waals surface area contributed by atoms with Crippen molar-refractivity contribution in [2.75, 3.05) is 11.1 Å². The summed E-state index contributed by atoms with van der Waals surface area (Å²) >= 11 is 1.11. The molecule has 9 heteroatoms. The summed E-state index contributed by atoms with van der Waals surface area (Å²) in [6, 6.07) is 22.5. The van der Waals surface area contributed by atoms with E-state index in [2.05, 4.69) is 10.3 Å². The Bertz CT molecular complexity index is 1360. The number of thioether (sulfide) groups is 1. The minimum absolute atomic E-state index is 0.0639. The quantitative estimate of drug-likeness (QED) is 0.198. The first kappa shape index (κ1) is 21.3. The number of benzene rings is 3. The molecule has 3 aromatic carbocycles. The number of hydrogen-bond donors (Lipinski definition) is 1. The molecule has 32 heavy (non-hydrogen) atoms. The van der Waals surface area contributed by atoms with Crippen LogP contribution in [0, 0.1) is 10.1 Å². The highest BCUT2D eigenvalue weighted by Crippen LogP contribution is 2.24. The second-order valence-corrected chi connectivity index (χ2v) is 7.84. The van der Waals surface area contributed by atoms with Crippen LogP contribution in [0.1, 0.15) is 5.56 Å². The van der Waals surface area contributed by atoms with Gasteiger partial charge in [0, 0.05) is 6.07 Å². The van der Waals surface area contributed by atoms with Gasteiger partial charge in [-0.2, -0.15) is 0 Å². The van der Waals surface area contributed by atoms with Crippen LogP contribution in [0.4, 0.5) is 11.4 Å². The number of amides is 1. The molecule has 0 spiro atoms. The standard InChI is InChI=1S/C23H18N4O4S/c28-21(24-19-12-6-7-13-20(19)27(30)31)15-32-23-25-18-11-5-4-10-17(18)22(29)26(23)14-16-8-2-1-3-9-16/h1-13H,14-15H2,(H,24,28). The Labute approximate surface area is 187 Å². The molecule has 8 nitrogen and oxygen atoms in total. The molecule has 0 aliphatic rings. The van der Waals surface area contributed by atoms with Crippen LogP contribution in [0.5, 0.6) is 0 Å². The second kappa shape index (κ2) is 9.44. The van der Waals surface area contributed by atoms with Gasteiger partial charge >= 0.3 is 0 Å². The van der Waals surface area contributed by atoms with Crippen LogP contribution in [0.3, 0.4) is 0 Å². The van der Waals surface area contributed by atoms with E-state index in [-0.39, 0.29) is 22.7 Å². The molecule has 0 fully saturated rings. The fraction of sp³-hybridized carbons (Fsp3) is 0.0870. The largest absolute Gasteiger partial charge is 0.320 e. The molecule has 0 saturated carbocycles. The first-order valence-electron chi connectivity index (χ1n) is 9.72. The average Bonchev–Trinajstić information content (AvgIpc) is 2.81. The minimum Gasteiger partial charge on any atom is -0.320 e. The van der Waals surface area contributed by atoms with E-state index >= 15 is 0 Å². The lowest BCUT2D eigenvalue weighted by Gasteiger charge is -2.13. The molecule has 0 aliphatic carbocycles. The van der Waals surface area contributed by atoms with Crippen molar-refractivity contribution >= 4 is 39.9 Å². The third kappa shape index (κ3) is 4.68. The number of nitrogens with zero attached hydrogens (tertiary/aromatic N) is 3. The van der Waals surface area contributed by atoms with Crippen LogP contribution in [0.2, 0.25) is 0 Å². The molecular weight excluding hydrogens is 428 g/mol. The van der Waals surface area contributed by atoms with Crippen LogP contribution >= 0.6 is 11.8 Å². The van der Waals surface area contributed by atoms with Gasteiger partial charge in [0.25, 0.3) is 11.2 Å². The first-order chi connectivity index (χ1) is 15.5. The number of para-hydroxylation sites is 3. The zero-order valence-corrected chi connectivity index (χ0v) is 17.6. The maximum Gasteiger partial charge on any atom is 0.292 e. The zero-order chi connectivity index (χ0) is 22.5. The molecule has 1 heterocycles. The number of rotatable bonds is 7. The van der Waals surface area contributed by atoms with Crippen LogP contribution < -0.4 is 10.9 Å². The van der Waals surface area contributed by atoms with Gasteiger partial charge in [0.1, 0.15) is 5.69 Å². The zero-order valence-electron chi connectivity index (χ0n) is 16.8. The first-order valence-corrected chi connectivity index (χ1v) is 10.7. The third-order valence-corrected chi connectivity index (χ3v) is 5.69. The molecule has 1 amide bonds. The summed E-state index contributed by atoms with van der Waals surface area (Å²) in [4.78, 5) is 40.9. The topological polar surface area (TPSA) is 107 Å². The molecular formula is C23H18N4O4S. The number of fused-ring (bicyclic) bond motifs is 1. The Balaban J connectivity index is 1.61. The molecule has 1 N–H and O–H groups in total. The smallest absolute Gasteiger partial charge is 0.292 e.